The fourth-order valence-corrected chi connectivity index (χ4v) is 2.57. The van der Waals surface area contributed by atoms with E-state index in [4.69, 9.17) is 27.6 Å². The molecule has 2 heterocycles. The average molecular weight is 284 g/mol. The van der Waals surface area contributed by atoms with E-state index in [0.29, 0.717) is 22.0 Å². The minimum atomic E-state index is 0.446. The van der Waals surface area contributed by atoms with E-state index < -0.39 is 0 Å². The molecule has 1 aromatic carbocycles. The van der Waals surface area contributed by atoms with E-state index in [-0.39, 0.29) is 0 Å². The predicted molar refractivity (Wildman–Crippen MR) is 71.2 cm³/mol. The van der Waals surface area contributed by atoms with Gasteiger partial charge in [-0.05, 0) is 31.0 Å². The molecule has 1 saturated heterocycles. The number of aromatic nitrogens is 2. The standard InChI is InChI=1S/C12H11Cl2N3O/c13-9-5-8(6-10(14)7-9)11-15-16-12(18-11)17-3-1-2-4-17/h5-7H,1-4H2. The Morgan fingerprint density at radius 2 is 1.67 bits per heavy atom. The Labute approximate surface area is 115 Å². The number of rotatable bonds is 2. The van der Waals surface area contributed by atoms with Crippen LogP contribution in [0.2, 0.25) is 10.0 Å². The zero-order chi connectivity index (χ0) is 12.5. The first-order chi connectivity index (χ1) is 8.72. The molecule has 4 nitrogen and oxygen atoms in total. The summed E-state index contributed by atoms with van der Waals surface area (Å²) >= 11 is 11.9. The van der Waals surface area contributed by atoms with Crippen LogP contribution in [0, 0.1) is 0 Å². The molecule has 0 atom stereocenters. The van der Waals surface area contributed by atoms with Crippen molar-refractivity contribution in [3.63, 3.8) is 0 Å². The minimum Gasteiger partial charge on any atom is -0.403 e. The van der Waals surface area contributed by atoms with E-state index in [9.17, 15) is 0 Å². The number of benzene rings is 1. The molecule has 1 aliphatic rings. The van der Waals surface area contributed by atoms with Crippen molar-refractivity contribution in [2.45, 2.75) is 12.8 Å². The van der Waals surface area contributed by atoms with Crippen LogP contribution in [-0.4, -0.2) is 23.3 Å². The van der Waals surface area contributed by atoms with Gasteiger partial charge in [0.05, 0.1) is 0 Å². The van der Waals surface area contributed by atoms with Crippen LogP contribution in [0.15, 0.2) is 22.6 Å². The number of nitrogens with zero attached hydrogens (tertiary/aromatic N) is 3. The van der Waals surface area contributed by atoms with E-state index in [1.54, 1.807) is 18.2 Å². The Morgan fingerprint density at radius 3 is 2.33 bits per heavy atom. The first-order valence-electron chi connectivity index (χ1n) is 5.77. The van der Waals surface area contributed by atoms with Crippen molar-refractivity contribution in [2.75, 3.05) is 18.0 Å². The summed E-state index contributed by atoms with van der Waals surface area (Å²) in [7, 11) is 0. The van der Waals surface area contributed by atoms with Gasteiger partial charge in [-0.2, -0.15) is 0 Å². The van der Waals surface area contributed by atoms with E-state index >= 15 is 0 Å². The summed E-state index contributed by atoms with van der Waals surface area (Å²) in [4.78, 5) is 2.09. The Hall–Kier alpha value is -1.26. The fourth-order valence-electron chi connectivity index (χ4n) is 2.05. The van der Waals surface area contributed by atoms with Crippen molar-refractivity contribution in [3.8, 4) is 11.5 Å². The highest BCUT2D eigenvalue weighted by Gasteiger charge is 2.19. The second kappa shape index (κ2) is 4.78. The van der Waals surface area contributed by atoms with Crippen LogP contribution in [0.25, 0.3) is 11.5 Å². The number of hydrogen-bond donors (Lipinski definition) is 0. The fraction of sp³-hybridized carbons (Fsp3) is 0.333. The first-order valence-corrected chi connectivity index (χ1v) is 6.53. The molecule has 1 aromatic heterocycles. The highest BCUT2D eigenvalue weighted by molar-refractivity contribution is 6.35. The van der Waals surface area contributed by atoms with Crippen LogP contribution in [-0.2, 0) is 0 Å². The maximum Gasteiger partial charge on any atom is 0.318 e. The van der Waals surface area contributed by atoms with Crippen molar-refractivity contribution in [3.05, 3.63) is 28.2 Å². The van der Waals surface area contributed by atoms with E-state index in [2.05, 4.69) is 15.1 Å². The van der Waals surface area contributed by atoms with Crippen LogP contribution in [0.3, 0.4) is 0 Å². The van der Waals surface area contributed by atoms with Gasteiger partial charge in [-0.1, -0.05) is 28.3 Å². The highest BCUT2D eigenvalue weighted by Crippen LogP contribution is 2.28. The van der Waals surface area contributed by atoms with Crippen LogP contribution in [0.1, 0.15) is 12.8 Å². The summed E-state index contributed by atoms with van der Waals surface area (Å²) in [5.41, 5.74) is 0.741. The molecule has 1 fully saturated rings. The quantitative estimate of drug-likeness (QED) is 0.844. The molecule has 0 N–H and O–H groups in total. The van der Waals surface area contributed by atoms with Gasteiger partial charge in [0.2, 0.25) is 5.89 Å². The lowest BCUT2D eigenvalue weighted by Gasteiger charge is -2.09. The maximum absolute atomic E-state index is 5.95. The van der Waals surface area contributed by atoms with Gasteiger partial charge in [-0.3, -0.25) is 0 Å². The number of anilines is 1. The molecule has 0 radical (unpaired) electrons. The van der Waals surface area contributed by atoms with Gasteiger partial charge in [0.1, 0.15) is 0 Å². The molecule has 0 spiro atoms. The molecule has 6 heteroatoms. The van der Waals surface area contributed by atoms with E-state index in [0.717, 1.165) is 18.7 Å². The van der Waals surface area contributed by atoms with E-state index in [1.807, 2.05) is 0 Å². The summed E-state index contributed by atoms with van der Waals surface area (Å²) in [6.45, 7) is 1.94. The van der Waals surface area contributed by atoms with Crippen LogP contribution in [0.4, 0.5) is 6.01 Å². The topological polar surface area (TPSA) is 42.2 Å². The van der Waals surface area contributed by atoms with Crippen LogP contribution >= 0.6 is 23.2 Å². The molecule has 94 valence electrons. The molecule has 0 aliphatic carbocycles. The monoisotopic (exact) mass is 283 g/mol. The molecule has 0 saturated carbocycles. The van der Waals surface area contributed by atoms with E-state index in [1.165, 1.54) is 12.8 Å². The Balaban J connectivity index is 1.92. The van der Waals surface area contributed by atoms with Crippen molar-refractivity contribution in [1.29, 1.82) is 0 Å². The second-order valence-electron chi connectivity index (χ2n) is 4.24. The average Bonchev–Trinajstić information content (AvgIpc) is 2.99. The molecular weight excluding hydrogens is 273 g/mol. The number of halogens is 2. The van der Waals surface area contributed by atoms with Gasteiger partial charge in [-0.25, -0.2) is 0 Å². The molecule has 0 amide bonds. The van der Waals surface area contributed by atoms with Crippen molar-refractivity contribution >= 4 is 29.2 Å². The summed E-state index contributed by atoms with van der Waals surface area (Å²) in [5.74, 6) is 0.446. The largest absolute Gasteiger partial charge is 0.403 e. The Bertz CT molecular complexity index is 544. The lowest BCUT2D eigenvalue weighted by Crippen LogP contribution is -2.17. The summed E-state index contributed by atoms with van der Waals surface area (Å²) in [6.07, 6.45) is 2.33. The Kier molecular flexibility index (Phi) is 3.14. The molecule has 0 unspecified atom stereocenters. The van der Waals surface area contributed by atoms with Gasteiger partial charge in [0.25, 0.3) is 0 Å². The summed E-state index contributed by atoms with van der Waals surface area (Å²) in [6, 6.07) is 5.76. The third kappa shape index (κ3) is 2.31. The second-order valence-corrected chi connectivity index (χ2v) is 5.11. The van der Waals surface area contributed by atoms with Crippen molar-refractivity contribution in [2.24, 2.45) is 0 Å². The zero-order valence-electron chi connectivity index (χ0n) is 9.57. The van der Waals surface area contributed by atoms with Crippen LogP contribution < -0.4 is 4.90 Å². The SMILES string of the molecule is Clc1cc(Cl)cc(-c2nnc(N3CCCC3)o2)c1. The predicted octanol–water partition coefficient (Wildman–Crippen LogP) is 3.64. The molecule has 1 aliphatic heterocycles. The van der Waals surface area contributed by atoms with Gasteiger partial charge >= 0.3 is 6.01 Å². The zero-order valence-corrected chi connectivity index (χ0v) is 11.1. The normalized spacial score (nSPS) is 15.3. The molecule has 18 heavy (non-hydrogen) atoms. The molecule has 3 rings (SSSR count). The molecule has 0 bridgehead atoms. The molecule has 2 aromatic rings. The maximum atomic E-state index is 5.95. The van der Waals surface area contributed by atoms with Crippen molar-refractivity contribution in [1.82, 2.24) is 10.2 Å². The van der Waals surface area contributed by atoms with Crippen LogP contribution in [0.5, 0.6) is 0 Å². The first kappa shape index (κ1) is 11.8. The lowest BCUT2D eigenvalue weighted by atomic mass is 10.2. The molecular formula is C12H11Cl2N3O. The summed E-state index contributed by atoms with van der Waals surface area (Å²) < 4.78 is 5.65. The van der Waals surface area contributed by atoms with Gasteiger partial charge in [-0.15, -0.1) is 5.10 Å². The number of hydrogen-bond acceptors (Lipinski definition) is 4. The smallest absolute Gasteiger partial charge is 0.318 e. The van der Waals surface area contributed by atoms with Gasteiger partial charge in [0.15, 0.2) is 0 Å². The van der Waals surface area contributed by atoms with Gasteiger partial charge in [0, 0.05) is 28.7 Å². The minimum absolute atomic E-state index is 0.446. The van der Waals surface area contributed by atoms with Gasteiger partial charge < -0.3 is 9.32 Å². The Morgan fingerprint density at radius 1 is 1.00 bits per heavy atom. The highest BCUT2D eigenvalue weighted by atomic mass is 35.5. The lowest BCUT2D eigenvalue weighted by molar-refractivity contribution is 0.557. The summed E-state index contributed by atoms with van der Waals surface area (Å²) in [5, 5.41) is 9.20. The van der Waals surface area contributed by atoms with Crippen molar-refractivity contribution < 1.29 is 4.42 Å². The third-order valence-electron chi connectivity index (χ3n) is 2.90. The third-order valence-corrected chi connectivity index (χ3v) is 3.34.